The van der Waals surface area contributed by atoms with Crippen LogP contribution >= 0.6 is 0 Å². The summed E-state index contributed by atoms with van der Waals surface area (Å²) < 4.78 is 0. The summed E-state index contributed by atoms with van der Waals surface area (Å²) in [5.41, 5.74) is 5.60. The number of fused-ring (bicyclic) bond motifs is 1. The average molecular weight is 401 g/mol. The standard InChI is InChI=1S/C30H40/c1-3-5-7-9-10-12-13-25-15-18-27(19-16-25)29-22-21-28-23-26(14-11-8-6-4-2)17-20-30(28)24-29/h15-24H,3-14H2,1-2H3. The lowest BCUT2D eigenvalue weighted by atomic mass is 9.97. The summed E-state index contributed by atoms with van der Waals surface area (Å²) in [6.07, 6.45) is 15.9. The van der Waals surface area contributed by atoms with Gasteiger partial charge in [-0.2, -0.15) is 0 Å². The molecule has 0 nitrogen and oxygen atoms in total. The fourth-order valence-corrected chi connectivity index (χ4v) is 4.36. The molecule has 3 aromatic rings. The molecule has 0 fully saturated rings. The van der Waals surface area contributed by atoms with Crippen molar-refractivity contribution in [3.05, 3.63) is 71.8 Å². The predicted molar refractivity (Wildman–Crippen MR) is 134 cm³/mol. The molecule has 0 amide bonds. The fraction of sp³-hybridized carbons (Fsp3) is 0.467. The van der Waals surface area contributed by atoms with Crippen LogP contribution in [-0.2, 0) is 12.8 Å². The van der Waals surface area contributed by atoms with E-state index in [9.17, 15) is 0 Å². The zero-order valence-corrected chi connectivity index (χ0v) is 19.3. The van der Waals surface area contributed by atoms with E-state index in [1.54, 1.807) is 0 Å². The van der Waals surface area contributed by atoms with Gasteiger partial charge in [-0.25, -0.2) is 0 Å². The molecule has 0 N–H and O–H groups in total. The van der Waals surface area contributed by atoms with Crippen LogP contribution < -0.4 is 0 Å². The van der Waals surface area contributed by atoms with Crippen molar-refractivity contribution >= 4 is 10.8 Å². The van der Waals surface area contributed by atoms with Crippen LogP contribution in [0.25, 0.3) is 21.9 Å². The molecule has 0 aliphatic heterocycles. The van der Waals surface area contributed by atoms with E-state index in [0.717, 1.165) is 0 Å². The number of hydrogen-bond acceptors (Lipinski definition) is 0. The molecular weight excluding hydrogens is 360 g/mol. The molecule has 3 aromatic carbocycles. The van der Waals surface area contributed by atoms with Crippen LogP contribution in [-0.4, -0.2) is 0 Å². The number of unbranched alkanes of at least 4 members (excludes halogenated alkanes) is 8. The third-order valence-electron chi connectivity index (χ3n) is 6.33. The molecule has 0 heterocycles. The second-order valence-electron chi connectivity index (χ2n) is 8.92. The third-order valence-corrected chi connectivity index (χ3v) is 6.33. The molecule has 0 saturated carbocycles. The molecule has 0 aromatic heterocycles. The molecule has 0 heteroatoms. The Morgan fingerprint density at radius 2 is 0.933 bits per heavy atom. The lowest BCUT2D eigenvalue weighted by molar-refractivity contribution is 0.607. The van der Waals surface area contributed by atoms with Gasteiger partial charge in [0.05, 0.1) is 0 Å². The van der Waals surface area contributed by atoms with Gasteiger partial charge in [-0.1, -0.05) is 120 Å². The van der Waals surface area contributed by atoms with E-state index in [1.807, 2.05) is 0 Å². The van der Waals surface area contributed by atoms with Gasteiger partial charge in [-0.3, -0.25) is 0 Å². The molecule has 0 aliphatic rings. The Morgan fingerprint density at radius 3 is 1.67 bits per heavy atom. The first-order valence-corrected chi connectivity index (χ1v) is 12.4. The van der Waals surface area contributed by atoms with Gasteiger partial charge in [0.2, 0.25) is 0 Å². The minimum atomic E-state index is 1.21. The van der Waals surface area contributed by atoms with E-state index < -0.39 is 0 Å². The maximum atomic E-state index is 2.38. The average Bonchev–Trinajstić information content (AvgIpc) is 2.79. The van der Waals surface area contributed by atoms with E-state index in [0.29, 0.717) is 0 Å². The van der Waals surface area contributed by atoms with Crippen molar-refractivity contribution in [3.63, 3.8) is 0 Å². The molecule has 3 rings (SSSR count). The summed E-state index contributed by atoms with van der Waals surface area (Å²) in [6.45, 7) is 4.56. The lowest BCUT2D eigenvalue weighted by Gasteiger charge is -2.08. The van der Waals surface area contributed by atoms with Crippen molar-refractivity contribution < 1.29 is 0 Å². The number of benzene rings is 3. The van der Waals surface area contributed by atoms with Crippen LogP contribution in [0.3, 0.4) is 0 Å². The largest absolute Gasteiger partial charge is 0.0654 e. The smallest absolute Gasteiger partial charge is 0.0178 e. The van der Waals surface area contributed by atoms with Crippen molar-refractivity contribution in [1.82, 2.24) is 0 Å². The summed E-state index contributed by atoms with van der Waals surface area (Å²) in [5.74, 6) is 0. The van der Waals surface area contributed by atoms with Gasteiger partial charge in [0.25, 0.3) is 0 Å². The van der Waals surface area contributed by atoms with Crippen molar-refractivity contribution in [2.75, 3.05) is 0 Å². The van der Waals surface area contributed by atoms with Gasteiger partial charge in [0, 0.05) is 0 Å². The van der Waals surface area contributed by atoms with Gasteiger partial charge in [-0.15, -0.1) is 0 Å². The van der Waals surface area contributed by atoms with E-state index in [2.05, 4.69) is 74.5 Å². The van der Waals surface area contributed by atoms with Crippen LogP contribution in [0, 0.1) is 0 Å². The van der Waals surface area contributed by atoms with Gasteiger partial charge < -0.3 is 0 Å². The number of rotatable bonds is 13. The van der Waals surface area contributed by atoms with Crippen molar-refractivity contribution in [3.8, 4) is 11.1 Å². The molecule has 30 heavy (non-hydrogen) atoms. The van der Waals surface area contributed by atoms with E-state index in [4.69, 9.17) is 0 Å². The minimum Gasteiger partial charge on any atom is -0.0654 e. The van der Waals surface area contributed by atoms with Crippen molar-refractivity contribution in [1.29, 1.82) is 0 Å². The van der Waals surface area contributed by atoms with Crippen LogP contribution in [0.4, 0.5) is 0 Å². The maximum Gasteiger partial charge on any atom is -0.0178 e. The Hall–Kier alpha value is -2.08. The summed E-state index contributed by atoms with van der Waals surface area (Å²) in [6, 6.07) is 23.2. The monoisotopic (exact) mass is 400 g/mol. The van der Waals surface area contributed by atoms with Crippen LogP contribution in [0.15, 0.2) is 60.7 Å². The summed E-state index contributed by atoms with van der Waals surface area (Å²) in [5, 5.41) is 2.72. The highest BCUT2D eigenvalue weighted by Gasteiger charge is 2.03. The van der Waals surface area contributed by atoms with Gasteiger partial charge in [0.1, 0.15) is 0 Å². The Balaban J connectivity index is 1.56. The Labute approximate surface area is 184 Å². The fourth-order valence-electron chi connectivity index (χ4n) is 4.36. The highest BCUT2D eigenvalue weighted by atomic mass is 14.1. The van der Waals surface area contributed by atoms with E-state index >= 15 is 0 Å². The summed E-state index contributed by atoms with van der Waals surface area (Å²) in [4.78, 5) is 0. The zero-order valence-electron chi connectivity index (χ0n) is 19.3. The first-order chi connectivity index (χ1) is 14.8. The van der Waals surface area contributed by atoms with E-state index in [-0.39, 0.29) is 0 Å². The highest BCUT2D eigenvalue weighted by molar-refractivity contribution is 5.87. The number of hydrogen-bond donors (Lipinski definition) is 0. The summed E-state index contributed by atoms with van der Waals surface area (Å²) in [7, 11) is 0. The minimum absolute atomic E-state index is 1.21. The normalized spacial score (nSPS) is 11.3. The van der Waals surface area contributed by atoms with E-state index in [1.165, 1.54) is 110 Å². The first kappa shape index (κ1) is 22.6. The Kier molecular flexibility index (Phi) is 9.48. The number of aryl methyl sites for hydroxylation is 2. The van der Waals surface area contributed by atoms with Crippen LogP contribution in [0.1, 0.15) is 89.2 Å². The SMILES string of the molecule is CCCCCCCCc1ccc(-c2ccc3cc(CCCCCC)ccc3c2)cc1. The molecule has 0 bridgehead atoms. The first-order valence-electron chi connectivity index (χ1n) is 12.4. The quantitative estimate of drug-likeness (QED) is 0.250. The molecule has 0 spiro atoms. The van der Waals surface area contributed by atoms with Crippen molar-refractivity contribution in [2.24, 2.45) is 0 Å². The van der Waals surface area contributed by atoms with Crippen LogP contribution in [0.5, 0.6) is 0 Å². The van der Waals surface area contributed by atoms with Gasteiger partial charge in [0.15, 0.2) is 0 Å². The second-order valence-corrected chi connectivity index (χ2v) is 8.92. The molecule has 0 radical (unpaired) electrons. The Morgan fingerprint density at radius 1 is 0.433 bits per heavy atom. The summed E-state index contributed by atoms with van der Waals surface area (Å²) >= 11 is 0. The topological polar surface area (TPSA) is 0 Å². The molecule has 160 valence electrons. The maximum absolute atomic E-state index is 2.38. The molecule has 0 unspecified atom stereocenters. The second kappa shape index (κ2) is 12.6. The third kappa shape index (κ3) is 7.01. The van der Waals surface area contributed by atoms with Crippen molar-refractivity contribution in [2.45, 2.75) is 90.9 Å². The van der Waals surface area contributed by atoms with Gasteiger partial charge >= 0.3 is 0 Å². The molecule has 0 saturated heterocycles. The molecule has 0 atom stereocenters. The predicted octanol–water partition coefficient (Wildman–Crippen LogP) is 9.53. The molecule has 0 aliphatic carbocycles. The lowest BCUT2D eigenvalue weighted by Crippen LogP contribution is -1.88. The molecular formula is C30H40. The van der Waals surface area contributed by atoms with Gasteiger partial charge in [-0.05, 0) is 64.8 Å². The highest BCUT2D eigenvalue weighted by Crippen LogP contribution is 2.26. The zero-order chi connectivity index (χ0) is 21.0. The Bertz CT molecular complexity index is 872. The van der Waals surface area contributed by atoms with Crippen LogP contribution in [0.2, 0.25) is 0 Å².